The minimum atomic E-state index is 0.00383. The number of nitrogens with one attached hydrogen (secondary N) is 1. The first-order valence-electron chi connectivity index (χ1n) is 11.0. The van der Waals surface area contributed by atoms with Crippen LogP contribution in [-0.2, 0) is 6.42 Å². The summed E-state index contributed by atoms with van der Waals surface area (Å²) >= 11 is 0. The van der Waals surface area contributed by atoms with Crippen molar-refractivity contribution in [1.29, 1.82) is 0 Å². The first kappa shape index (κ1) is 19.4. The lowest BCUT2D eigenvalue weighted by Crippen LogP contribution is -2.29. The Hall–Kier alpha value is -3.53. The van der Waals surface area contributed by atoms with E-state index in [-0.39, 0.29) is 11.2 Å². The fourth-order valence-corrected chi connectivity index (χ4v) is 4.57. The lowest BCUT2D eigenvalue weighted by Gasteiger charge is -2.29. The number of hydrogen-bond acceptors (Lipinski definition) is 3. The SMILES string of the molecule is O=c1c(-c2cccc(O)c2)c(Cc2ccccc2)[nH]c2ccc(N3CCCCC3)cc12. The highest BCUT2D eigenvalue weighted by Crippen LogP contribution is 2.29. The molecule has 0 unspecified atom stereocenters. The number of pyridine rings is 1. The molecular formula is C27H26N2O2. The van der Waals surface area contributed by atoms with E-state index >= 15 is 0 Å². The summed E-state index contributed by atoms with van der Waals surface area (Å²) in [5.41, 5.74) is 5.31. The molecular weight excluding hydrogens is 384 g/mol. The third kappa shape index (κ3) is 3.93. The third-order valence-corrected chi connectivity index (χ3v) is 6.14. The van der Waals surface area contributed by atoms with Crippen LogP contribution in [0.15, 0.2) is 77.6 Å². The maximum absolute atomic E-state index is 13.8. The van der Waals surface area contributed by atoms with Crippen LogP contribution in [-0.4, -0.2) is 23.2 Å². The van der Waals surface area contributed by atoms with Crippen LogP contribution in [0, 0.1) is 0 Å². The zero-order valence-corrected chi connectivity index (χ0v) is 17.5. The van der Waals surface area contributed by atoms with Crippen molar-refractivity contribution in [2.45, 2.75) is 25.7 Å². The van der Waals surface area contributed by atoms with Crippen molar-refractivity contribution < 1.29 is 5.11 Å². The van der Waals surface area contributed by atoms with Crippen LogP contribution < -0.4 is 10.3 Å². The van der Waals surface area contributed by atoms with Gasteiger partial charge in [0.1, 0.15) is 5.75 Å². The van der Waals surface area contributed by atoms with E-state index < -0.39 is 0 Å². The number of anilines is 1. The highest BCUT2D eigenvalue weighted by molar-refractivity contribution is 5.88. The molecule has 2 heterocycles. The van der Waals surface area contributed by atoms with Gasteiger partial charge in [-0.15, -0.1) is 0 Å². The number of benzene rings is 3. The molecule has 0 aliphatic carbocycles. The summed E-state index contributed by atoms with van der Waals surface area (Å²) in [6.45, 7) is 2.07. The van der Waals surface area contributed by atoms with Crippen LogP contribution in [0.4, 0.5) is 5.69 Å². The number of rotatable bonds is 4. The van der Waals surface area contributed by atoms with Gasteiger partial charge in [0.15, 0.2) is 5.43 Å². The molecule has 0 atom stereocenters. The fraction of sp³-hybridized carbons (Fsp3) is 0.222. The van der Waals surface area contributed by atoms with Gasteiger partial charge in [0.25, 0.3) is 0 Å². The Kier molecular flexibility index (Phi) is 5.21. The van der Waals surface area contributed by atoms with Crippen LogP contribution in [0.2, 0.25) is 0 Å². The summed E-state index contributed by atoms with van der Waals surface area (Å²) in [4.78, 5) is 19.7. The van der Waals surface area contributed by atoms with Gasteiger partial charge in [0.05, 0.1) is 0 Å². The lowest BCUT2D eigenvalue weighted by molar-refractivity contribution is 0.475. The largest absolute Gasteiger partial charge is 0.508 e. The molecule has 1 fully saturated rings. The number of hydrogen-bond donors (Lipinski definition) is 2. The summed E-state index contributed by atoms with van der Waals surface area (Å²) in [5.74, 6) is 0.157. The molecule has 4 aromatic rings. The van der Waals surface area contributed by atoms with E-state index in [2.05, 4.69) is 28.1 Å². The van der Waals surface area contributed by atoms with Crippen molar-refractivity contribution in [2.75, 3.05) is 18.0 Å². The Labute approximate surface area is 181 Å². The average Bonchev–Trinajstić information content (AvgIpc) is 2.80. The second kappa shape index (κ2) is 8.31. The van der Waals surface area contributed by atoms with Gasteiger partial charge in [-0.2, -0.15) is 0 Å². The smallest absolute Gasteiger partial charge is 0.197 e. The van der Waals surface area contributed by atoms with E-state index in [0.717, 1.165) is 41.1 Å². The number of aromatic nitrogens is 1. The van der Waals surface area contributed by atoms with Gasteiger partial charge in [0, 0.05) is 47.4 Å². The van der Waals surface area contributed by atoms with Crippen molar-refractivity contribution in [1.82, 2.24) is 4.98 Å². The molecule has 0 saturated carbocycles. The zero-order valence-electron chi connectivity index (χ0n) is 17.5. The van der Waals surface area contributed by atoms with Crippen LogP contribution in [0.5, 0.6) is 5.75 Å². The van der Waals surface area contributed by atoms with Crippen molar-refractivity contribution >= 4 is 16.6 Å². The number of aromatic hydroxyl groups is 1. The van der Waals surface area contributed by atoms with Crippen molar-refractivity contribution in [2.24, 2.45) is 0 Å². The molecule has 4 nitrogen and oxygen atoms in total. The van der Waals surface area contributed by atoms with E-state index in [9.17, 15) is 9.90 Å². The summed E-state index contributed by atoms with van der Waals surface area (Å²) in [5, 5.41) is 10.7. The normalized spacial score (nSPS) is 14.1. The van der Waals surface area contributed by atoms with Gasteiger partial charge in [-0.3, -0.25) is 4.79 Å². The average molecular weight is 411 g/mol. The number of nitrogens with zero attached hydrogens (tertiary/aromatic N) is 1. The topological polar surface area (TPSA) is 56.3 Å². The molecule has 1 aliphatic rings. The predicted molar refractivity (Wildman–Crippen MR) is 127 cm³/mol. The lowest BCUT2D eigenvalue weighted by atomic mass is 9.96. The van der Waals surface area contributed by atoms with E-state index in [1.54, 1.807) is 18.2 Å². The molecule has 31 heavy (non-hydrogen) atoms. The summed E-state index contributed by atoms with van der Waals surface area (Å²) in [7, 11) is 0. The molecule has 0 bridgehead atoms. The number of phenolic OH excluding ortho intramolecular Hbond substituents is 1. The number of H-pyrrole nitrogens is 1. The third-order valence-electron chi connectivity index (χ3n) is 6.14. The molecule has 0 amide bonds. The van der Waals surface area contributed by atoms with E-state index in [0.29, 0.717) is 17.4 Å². The van der Waals surface area contributed by atoms with Gasteiger partial charge in [-0.25, -0.2) is 0 Å². The van der Waals surface area contributed by atoms with Gasteiger partial charge < -0.3 is 15.0 Å². The summed E-state index contributed by atoms with van der Waals surface area (Å²) in [6, 6.07) is 23.3. The molecule has 1 aromatic heterocycles. The molecule has 5 rings (SSSR count). The van der Waals surface area contributed by atoms with Crippen LogP contribution >= 0.6 is 0 Å². The van der Waals surface area contributed by atoms with Crippen LogP contribution in [0.25, 0.3) is 22.0 Å². The Bertz CT molecular complexity index is 1270. The number of piperidine rings is 1. The maximum atomic E-state index is 13.8. The molecule has 1 saturated heterocycles. The van der Waals surface area contributed by atoms with Gasteiger partial charge in [0.2, 0.25) is 0 Å². The number of aromatic amines is 1. The second-order valence-electron chi connectivity index (χ2n) is 8.30. The Morgan fingerprint density at radius 2 is 1.68 bits per heavy atom. The highest BCUT2D eigenvalue weighted by Gasteiger charge is 2.17. The van der Waals surface area contributed by atoms with Crippen LogP contribution in [0.1, 0.15) is 30.5 Å². The van der Waals surface area contributed by atoms with Crippen LogP contribution in [0.3, 0.4) is 0 Å². The van der Waals surface area contributed by atoms with Gasteiger partial charge in [-0.05, 0) is 60.7 Å². The molecule has 3 aromatic carbocycles. The minimum absolute atomic E-state index is 0.00383. The quantitative estimate of drug-likeness (QED) is 0.468. The maximum Gasteiger partial charge on any atom is 0.197 e. The zero-order chi connectivity index (χ0) is 21.2. The predicted octanol–water partition coefficient (Wildman–Crippen LogP) is 5.48. The fourth-order valence-electron chi connectivity index (χ4n) is 4.57. The Morgan fingerprint density at radius 3 is 2.45 bits per heavy atom. The van der Waals surface area contributed by atoms with Crippen molar-refractivity contribution in [3.8, 4) is 16.9 Å². The Morgan fingerprint density at radius 1 is 0.871 bits per heavy atom. The second-order valence-corrected chi connectivity index (χ2v) is 8.30. The van der Waals surface area contributed by atoms with Gasteiger partial charge in [-0.1, -0.05) is 42.5 Å². The number of phenols is 1. The highest BCUT2D eigenvalue weighted by atomic mass is 16.3. The number of fused-ring (bicyclic) bond motifs is 1. The van der Waals surface area contributed by atoms with Crippen molar-refractivity contribution in [3.63, 3.8) is 0 Å². The summed E-state index contributed by atoms with van der Waals surface area (Å²) < 4.78 is 0. The van der Waals surface area contributed by atoms with Crippen molar-refractivity contribution in [3.05, 3.63) is 94.3 Å². The standard InChI is InChI=1S/C27H26N2O2/c30-22-11-7-10-20(17-22)26-25(16-19-8-3-1-4-9-19)28-24-13-12-21(18-23(24)27(26)31)29-14-5-2-6-15-29/h1,3-4,7-13,17-18,30H,2,5-6,14-16H2,(H,28,31). The first-order valence-corrected chi connectivity index (χ1v) is 11.0. The molecule has 4 heteroatoms. The molecule has 0 spiro atoms. The molecule has 1 aliphatic heterocycles. The molecule has 156 valence electrons. The monoisotopic (exact) mass is 410 g/mol. The Balaban J connectivity index is 1.69. The van der Waals surface area contributed by atoms with E-state index in [1.807, 2.05) is 36.4 Å². The van der Waals surface area contributed by atoms with E-state index in [1.165, 1.54) is 19.3 Å². The first-order chi connectivity index (χ1) is 15.2. The van der Waals surface area contributed by atoms with Gasteiger partial charge >= 0.3 is 0 Å². The van der Waals surface area contributed by atoms with E-state index in [4.69, 9.17) is 0 Å². The molecule has 0 radical (unpaired) electrons. The minimum Gasteiger partial charge on any atom is -0.508 e. The molecule has 2 N–H and O–H groups in total. The summed E-state index contributed by atoms with van der Waals surface area (Å²) in [6.07, 6.45) is 4.28.